The molecule has 1 amide bonds. The van der Waals surface area contributed by atoms with Crippen molar-refractivity contribution in [1.29, 1.82) is 0 Å². The second-order valence-electron chi connectivity index (χ2n) is 8.47. The van der Waals surface area contributed by atoms with Crippen molar-refractivity contribution >= 4 is 51.7 Å². The molecule has 9 heteroatoms. The molecule has 0 radical (unpaired) electrons. The molecule has 168 valence electrons. The number of rotatable bonds is 5. The summed E-state index contributed by atoms with van der Waals surface area (Å²) in [5.41, 5.74) is 0.712. The lowest BCUT2D eigenvalue weighted by molar-refractivity contribution is -0.124. The zero-order chi connectivity index (χ0) is 22.1. The van der Waals surface area contributed by atoms with Gasteiger partial charge in [-0.25, -0.2) is 4.98 Å². The number of thioether (sulfide) groups is 1. The highest BCUT2D eigenvalue weighted by Crippen LogP contribution is 2.37. The summed E-state index contributed by atoms with van der Waals surface area (Å²) in [5.74, 6) is 0.370. The molecular weight excluding hydrogens is 444 g/mol. The highest BCUT2D eigenvalue weighted by Gasteiger charge is 2.37. The van der Waals surface area contributed by atoms with Crippen LogP contribution in [0.25, 0.3) is 11.7 Å². The largest absolute Gasteiger partial charge is 0.376 e. The minimum atomic E-state index is -0.214. The van der Waals surface area contributed by atoms with Crippen molar-refractivity contribution in [1.82, 2.24) is 14.3 Å². The summed E-state index contributed by atoms with van der Waals surface area (Å²) in [5, 5.41) is 3.30. The van der Waals surface area contributed by atoms with E-state index < -0.39 is 0 Å². The zero-order valence-corrected chi connectivity index (χ0v) is 19.4. The van der Waals surface area contributed by atoms with Crippen LogP contribution in [-0.2, 0) is 9.53 Å². The van der Waals surface area contributed by atoms with Crippen LogP contribution in [-0.4, -0.2) is 49.8 Å². The number of pyridine rings is 1. The maximum atomic E-state index is 13.3. The molecule has 32 heavy (non-hydrogen) atoms. The van der Waals surface area contributed by atoms with Crippen LogP contribution in [0.3, 0.4) is 0 Å². The Morgan fingerprint density at radius 3 is 2.81 bits per heavy atom. The van der Waals surface area contributed by atoms with Gasteiger partial charge in [-0.05, 0) is 43.9 Å². The molecule has 2 aromatic heterocycles. The first-order valence-electron chi connectivity index (χ1n) is 11.3. The third-order valence-corrected chi connectivity index (χ3v) is 7.66. The number of carbonyl (C=O) groups is 1. The van der Waals surface area contributed by atoms with Crippen LogP contribution in [0.1, 0.15) is 50.5 Å². The Morgan fingerprint density at radius 1 is 1.19 bits per heavy atom. The van der Waals surface area contributed by atoms with E-state index in [1.165, 1.54) is 22.6 Å². The van der Waals surface area contributed by atoms with Crippen LogP contribution < -0.4 is 10.9 Å². The Hall–Kier alpha value is -2.23. The van der Waals surface area contributed by atoms with E-state index in [4.69, 9.17) is 17.0 Å². The minimum absolute atomic E-state index is 0.100. The van der Waals surface area contributed by atoms with Crippen molar-refractivity contribution in [2.75, 3.05) is 18.5 Å². The lowest BCUT2D eigenvalue weighted by Crippen LogP contribution is -2.39. The Morgan fingerprint density at radius 2 is 2.03 bits per heavy atom. The summed E-state index contributed by atoms with van der Waals surface area (Å²) in [6, 6.07) is 5.60. The van der Waals surface area contributed by atoms with E-state index in [1.807, 2.05) is 6.07 Å². The summed E-state index contributed by atoms with van der Waals surface area (Å²) < 4.78 is 7.79. The third-order valence-electron chi connectivity index (χ3n) is 6.33. The minimum Gasteiger partial charge on any atom is -0.376 e. The molecule has 5 rings (SSSR count). The van der Waals surface area contributed by atoms with Crippen LogP contribution >= 0.6 is 24.0 Å². The number of nitrogens with zero attached hydrogens (tertiary/aromatic N) is 3. The van der Waals surface area contributed by atoms with Crippen molar-refractivity contribution < 1.29 is 9.53 Å². The van der Waals surface area contributed by atoms with Gasteiger partial charge < -0.3 is 10.1 Å². The molecule has 1 N–H and O–H groups in total. The van der Waals surface area contributed by atoms with Gasteiger partial charge in [-0.1, -0.05) is 49.3 Å². The molecule has 2 aromatic rings. The van der Waals surface area contributed by atoms with Crippen molar-refractivity contribution in [2.45, 2.75) is 57.1 Å². The molecule has 0 bridgehead atoms. The lowest BCUT2D eigenvalue weighted by Gasteiger charge is -2.29. The maximum absolute atomic E-state index is 13.3. The fourth-order valence-corrected chi connectivity index (χ4v) is 6.03. The molecule has 0 aromatic carbocycles. The molecule has 0 unspecified atom stereocenters. The van der Waals surface area contributed by atoms with Crippen molar-refractivity contribution in [3.63, 3.8) is 0 Å². The van der Waals surface area contributed by atoms with Gasteiger partial charge in [0.25, 0.3) is 11.5 Å². The Labute approximate surface area is 196 Å². The first-order valence-corrected chi connectivity index (χ1v) is 12.5. The molecule has 1 aliphatic carbocycles. The van der Waals surface area contributed by atoms with E-state index in [-0.39, 0.29) is 23.6 Å². The van der Waals surface area contributed by atoms with E-state index in [0.717, 1.165) is 45.1 Å². The molecule has 4 heterocycles. The monoisotopic (exact) mass is 470 g/mol. The SMILES string of the molecule is O=C1/C(=C\c2c(NC[C@H]3CCCO3)nc3ccccn3c2=O)SC(=S)N1C1CCCCC1. The van der Waals surface area contributed by atoms with E-state index in [9.17, 15) is 9.59 Å². The summed E-state index contributed by atoms with van der Waals surface area (Å²) in [4.78, 5) is 33.5. The van der Waals surface area contributed by atoms with Crippen LogP contribution in [0.15, 0.2) is 34.1 Å². The molecule has 2 aliphatic heterocycles. The van der Waals surface area contributed by atoms with Gasteiger partial charge in [0.1, 0.15) is 15.8 Å². The number of ether oxygens (including phenoxy) is 1. The Bertz CT molecular complexity index is 1130. The highest BCUT2D eigenvalue weighted by molar-refractivity contribution is 8.26. The molecule has 2 saturated heterocycles. The van der Waals surface area contributed by atoms with E-state index in [2.05, 4.69) is 10.3 Å². The topological polar surface area (TPSA) is 75.9 Å². The fraction of sp³-hybridized carbons (Fsp3) is 0.478. The van der Waals surface area contributed by atoms with Crippen LogP contribution in [0.2, 0.25) is 0 Å². The normalized spacial score (nSPS) is 23.6. The zero-order valence-electron chi connectivity index (χ0n) is 17.8. The van der Waals surface area contributed by atoms with Crippen LogP contribution in [0.4, 0.5) is 5.82 Å². The highest BCUT2D eigenvalue weighted by atomic mass is 32.2. The van der Waals surface area contributed by atoms with Gasteiger partial charge in [-0.3, -0.25) is 18.9 Å². The van der Waals surface area contributed by atoms with Gasteiger partial charge >= 0.3 is 0 Å². The number of nitrogens with one attached hydrogen (secondary N) is 1. The van der Waals surface area contributed by atoms with Crippen molar-refractivity contribution in [3.8, 4) is 0 Å². The van der Waals surface area contributed by atoms with Gasteiger partial charge in [-0.15, -0.1) is 0 Å². The van der Waals surface area contributed by atoms with Gasteiger partial charge in [-0.2, -0.15) is 0 Å². The number of thiocarbonyl (C=S) groups is 1. The van der Waals surface area contributed by atoms with Crippen molar-refractivity contribution in [3.05, 3.63) is 45.2 Å². The third kappa shape index (κ3) is 4.21. The molecule has 7 nitrogen and oxygen atoms in total. The van der Waals surface area contributed by atoms with E-state index in [0.29, 0.717) is 32.8 Å². The molecule has 1 saturated carbocycles. The van der Waals surface area contributed by atoms with Gasteiger partial charge in [0, 0.05) is 25.4 Å². The number of aromatic nitrogens is 2. The second kappa shape index (κ2) is 9.33. The number of anilines is 1. The maximum Gasteiger partial charge on any atom is 0.267 e. The Kier molecular flexibility index (Phi) is 6.30. The standard InChI is InChI=1S/C23H26N4O3S2/c28-21-17(13-18-22(29)27(23(31)32-18)15-7-2-1-3-8-15)20(24-14-16-9-6-12-30-16)25-19-10-4-5-11-26(19)21/h4-5,10-11,13,15-16,24H,1-3,6-9,12,14H2/b18-13+/t16-/m1/s1. The summed E-state index contributed by atoms with van der Waals surface area (Å²) in [7, 11) is 0. The number of amides is 1. The number of hydrogen-bond acceptors (Lipinski definition) is 7. The average Bonchev–Trinajstić information content (AvgIpc) is 3.43. The molecule has 3 aliphatic rings. The molecule has 1 atom stereocenters. The summed E-state index contributed by atoms with van der Waals surface area (Å²) >= 11 is 6.83. The fourth-order valence-electron chi connectivity index (χ4n) is 4.65. The first kappa shape index (κ1) is 21.6. The quantitative estimate of drug-likeness (QED) is 0.526. The van der Waals surface area contributed by atoms with Crippen LogP contribution in [0.5, 0.6) is 0 Å². The molecular formula is C23H26N4O3S2. The van der Waals surface area contributed by atoms with Gasteiger partial charge in [0.2, 0.25) is 0 Å². The predicted molar refractivity (Wildman–Crippen MR) is 131 cm³/mol. The van der Waals surface area contributed by atoms with Gasteiger partial charge in [0.05, 0.1) is 16.6 Å². The summed E-state index contributed by atoms with van der Waals surface area (Å²) in [6.07, 6.45) is 10.9. The first-order chi connectivity index (χ1) is 15.6. The van der Waals surface area contributed by atoms with Crippen molar-refractivity contribution in [2.24, 2.45) is 0 Å². The Balaban J connectivity index is 1.50. The second-order valence-corrected chi connectivity index (χ2v) is 10.1. The average molecular weight is 471 g/mol. The number of fused-ring (bicyclic) bond motifs is 1. The lowest BCUT2D eigenvalue weighted by atomic mass is 9.94. The molecule has 0 spiro atoms. The van der Waals surface area contributed by atoms with E-state index in [1.54, 1.807) is 29.3 Å². The van der Waals surface area contributed by atoms with E-state index >= 15 is 0 Å². The summed E-state index contributed by atoms with van der Waals surface area (Å²) in [6.45, 7) is 1.33. The smallest absolute Gasteiger partial charge is 0.267 e. The molecule has 3 fully saturated rings. The predicted octanol–water partition coefficient (Wildman–Crippen LogP) is 3.82. The van der Waals surface area contributed by atoms with Crippen LogP contribution in [0, 0.1) is 0 Å². The number of carbonyl (C=O) groups excluding carboxylic acids is 1. The van der Waals surface area contributed by atoms with Gasteiger partial charge in [0.15, 0.2) is 0 Å². The number of hydrogen-bond donors (Lipinski definition) is 1.